The first-order chi connectivity index (χ1) is 16.2. The Morgan fingerprint density at radius 2 is 1.67 bits per heavy atom. The van der Waals surface area contributed by atoms with Gasteiger partial charge >= 0.3 is 0 Å². The molecule has 1 aliphatic heterocycles. The molecule has 0 radical (unpaired) electrons. The van der Waals surface area contributed by atoms with Crippen molar-refractivity contribution in [2.24, 2.45) is 0 Å². The highest BCUT2D eigenvalue weighted by Crippen LogP contribution is 2.38. The highest BCUT2D eigenvalue weighted by molar-refractivity contribution is 5.97. The van der Waals surface area contributed by atoms with Crippen molar-refractivity contribution in [3.8, 4) is 5.75 Å². The topological polar surface area (TPSA) is 17.4 Å². The molecule has 0 atom stereocenters. The Bertz CT molecular complexity index is 1260. The maximum Gasteiger partial charge on any atom is 0.132 e. The van der Waals surface area contributed by atoms with E-state index in [-0.39, 0.29) is 5.82 Å². The number of aryl methyl sites for hydroxylation is 1. The zero-order chi connectivity index (χ0) is 22.6. The van der Waals surface area contributed by atoms with Crippen LogP contribution in [0.25, 0.3) is 16.5 Å². The average molecular weight is 441 g/mol. The van der Waals surface area contributed by atoms with Gasteiger partial charge in [0.1, 0.15) is 18.2 Å². The Kier molecular flexibility index (Phi) is 6.16. The molecular formula is C29H29FN2O. The zero-order valence-corrected chi connectivity index (χ0v) is 19.0. The van der Waals surface area contributed by atoms with Crippen LogP contribution >= 0.6 is 0 Å². The van der Waals surface area contributed by atoms with Gasteiger partial charge < -0.3 is 14.2 Å². The summed E-state index contributed by atoms with van der Waals surface area (Å²) in [4.78, 5) is 2.39. The molecule has 0 saturated carbocycles. The Hall–Kier alpha value is -3.53. The standard InChI is InChI=1S/C29H29FN2O/c1-2-32-20-26(24-14-9-15-31(19-24)18-22-10-5-3-6-11-22)29-27(32)16-25(30)17-28(29)33-21-23-12-7-4-8-13-23/h3-8,10-13,16-17,19-20H,2,9,14-15,18,21H2,1H3. The van der Waals surface area contributed by atoms with Crippen LogP contribution in [0, 0.1) is 5.82 Å². The van der Waals surface area contributed by atoms with Crippen molar-refractivity contribution < 1.29 is 9.13 Å². The van der Waals surface area contributed by atoms with Crippen molar-refractivity contribution in [2.75, 3.05) is 6.54 Å². The van der Waals surface area contributed by atoms with Gasteiger partial charge in [-0.25, -0.2) is 4.39 Å². The van der Waals surface area contributed by atoms with Crippen LogP contribution in [0.4, 0.5) is 4.39 Å². The van der Waals surface area contributed by atoms with Gasteiger partial charge in [0.05, 0.1) is 5.52 Å². The summed E-state index contributed by atoms with van der Waals surface area (Å²) in [5, 5.41) is 1.00. The third-order valence-corrected chi connectivity index (χ3v) is 6.29. The minimum Gasteiger partial charge on any atom is -0.488 e. The molecule has 1 aliphatic rings. The lowest BCUT2D eigenvalue weighted by Crippen LogP contribution is -2.22. The molecule has 4 aromatic rings. The molecule has 0 spiro atoms. The molecular weight excluding hydrogens is 411 g/mol. The molecule has 0 unspecified atom stereocenters. The van der Waals surface area contributed by atoms with E-state index in [1.165, 1.54) is 17.2 Å². The van der Waals surface area contributed by atoms with Crippen molar-refractivity contribution in [3.63, 3.8) is 0 Å². The SMILES string of the molecule is CCn1cc(C2=CN(Cc3ccccc3)CCC2)c2c(OCc3ccccc3)cc(F)cc21. The molecule has 2 heterocycles. The van der Waals surface area contributed by atoms with Crippen LogP contribution in [0.1, 0.15) is 36.5 Å². The monoisotopic (exact) mass is 440 g/mol. The lowest BCUT2D eigenvalue weighted by atomic mass is 9.98. The van der Waals surface area contributed by atoms with Gasteiger partial charge in [-0.05, 0) is 42.5 Å². The van der Waals surface area contributed by atoms with Gasteiger partial charge in [-0.2, -0.15) is 0 Å². The molecule has 0 amide bonds. The van der Waals surface area contributed by atoms with Gasteiger partial charge in [-0.15, -0.1) is 0 Å². The molecule has 3 nitrogen and oxygen atoms in total. The number of nitrogens with zero attached hydrogens (tertiary/aromatic N) is 2. The van der Waals surface area contributed by atoms with Crippen molar-refractivity contribution in [1.82, 2.24) is 9.47 Å². The summed E-state index contributed by atoms with van der Waals surface area (Å²) in [5.74, 6) is 0.338. The van der Waals surface area contributed by atoms with E-state index in [9.17, 15) is 4.39 Å². The van der Waals surface area contributed by atoms with Gasteiger partial charge in [0.2, 0.25) is 0 Å². The minimum absolute atomic E-state index is 0.270. The molecule has 0 aliphatic carbocycles. The Morgan fingerprint density at radius 1 is 0.939 bits per heavy atom. The number of halogens is 1. The molecule has 5 rings (SSSR count). The summed E-state index contributed by atoms with van der Waals surface area (Å²) >= 11 is 0. The first-order valence-electron chi connectivity index (χ1n) is 11.7. The molecule has 3 aromatic carbocycles. The quantitative estimate of drug-likeness (QED) is 0.307. The van der Waals surface area contributed by atoms with E-state index in [2.05, 4.69) is 59.1 Å². The van der Waals surface area contributed by atoms with Gasteiger partial charge in [0.25, 0.3) is 0 Å². The maximum absolute atomic E-state index is 14.6. The number of ether oxygens (including phenoxy) is 1. The van der Waals surface area contributed by atoms with E-state index in [0.717, 1.165) is 54.5 Å². The first-order valence-corrected chi connectivity index (χ1v) is 11.7. The van der Waals surface area contributed by atoms with Gasteiger partial charge in [-0.1, -0.05) is 60.7 Å². The van der Waals surface area contributed by atoms with Crippen molar-refractivity contribution in [2.45, 2.75) is 39.5 Å². The van der Waals surface area contributed by atoms with E-state index in [1.807, 2.05) is 30.3 Å². The second-order valence-corrected chi connectivity index (χ2v) is 8.62. The Morgan fingerprint density at radius 3 is 2.39 bits per heavy atom. The second-order valence-electron chi connectivity index (χ2n) is 8.62. The fourth-order valence-corrected chi connectivity index (χ4v) is 4.68. The number of aromatic nitrogens is 1. The van der Waals surface area contributed by atoms with Crippen LogP contribution in [-0.2, 0) is 19.7 Å². The number of rotatable bonds is 7. The minimum atomic E-state index is -0.270. The molecule has 0 bridgehead atoms. The number of benzene rings is 3. The highest BCUT2D eigenvalue weighted by Gasteiger charge is 2.20. The number of fused-ring (bicyclic) bond motifs is 1. The summed E-state index contributed by atoms with van der Waals surface area (Å²) in [6.07, 6.45) is 6.55. The lowest BCUT2D eigenvalue weighted by Gasteiger charge is -2.27. The van der Waals surface area contributed by atoms with Gasteiger partial charge in [0, 0.05) is 49.0 Å². The van der Waals surface area contributed by atoms with Crippen LogP contribution in [0.3, 0.4) is 0 Å². The van der Waals surface area contributed by atoms with Crippen molar-refractivity contribution in [3.05, 3.63) is 108 Å². The van der Waals surface area contributed by atoms with Gasteiger partial charge in [-0.3, -0.25) is 0 Å². The normalized spacial score (nSPS) is 13.9. The largest absolute Gasteiger partial charge is 0.488 e. The molecule has 33 heavy (non-hydrogen) atoms. The van der Waals surface area contributed by atoms with Crippen LogP contribution < -0.4 is 4.74 Å². The molecule has 168 valence electrons. The maximum atomic E-state index is 14.6. The fourth-order valence-electron chi connectivity index (χ4n) is 4.68. The van der Waals surface area contributed by atoms with Crippen LogP contribution in [0.2, 0.25) is 0 Å². The van der Waals surface area contributed by atoms with E-state index in [4.69, 9.17) is 4.74 Å². The summed E-state index contributed by atoms with van der Waals surface area (Å²) in [7, 11) is 0. The molecule has 1 aromatic heterocycles. The number of hydrogen-bond donors (Lipinski definition) is 0. The first kappa shape index (κ1) is 21.3. The Labute approximate surface area is 194 Å². The highest BCUT2D eigenvalue weighted by atomic mass is 19.1. The summed E-state index contributed by atoms with van der Waals surface area (Å²) < 4.78 is 22.9. The molecule has 0 saturated heterocycles. The second kappa shape index (κ2) is 9.53. The lowest BCUT2D eigenvalue weighted by molar-refractivity contribution is 0.308. The predicted molar refractivity (Wildman–Crippen MR) is 132 cm³/mol. The van der Waals surface area contributed by atoms with E-state index < -0.39 is 0 Å². The van der Waals surface area contributed by atoms with Crippen LogP contribution in [0.5, 0.6) is 5.75 Å². The number of hydrogen-bond acceptors (Lipinski definition) is 2. The van der Waals surface area contributed by atoms with E-state index >= 15 is 0 Å². The molecule has 0 fully saturated rings. The van der Waals surface area contributed by atoms with Crippen molar-refractivity contribution in [1.29, 1.82) is 0 Å². The van der Waals surface area contributed by atoms with Gasteiger partial charge in [0.15, 0.2) is 0 Å². The van der Waals surface area contributed by atoms with Crippen LogP contribution in [-0.4, -0.2) is 16.0 Å². The van der Waals surface area contributed by atoms with Crippen LogP contribution in [0.15, 0.2) is 85.2 Å². The Balaban J connectivity index is 1.53. The summed E-state index contributed by atoms with van der Waals surface area (Å²) in [6, 6.07) is 23.7. The molecule has 0 N–H and O–H groups in total. The van der Waals surface area contributed by atoms with E-state index in [0.29, 0.717) is 12.4 Å². The third kappa shape index (κ3) is 4.65. The zero-order valence-electron chi connectivity index (χ0n) is 19.0. The smallest absolute Gasteiger partial charge is 0.132 e. The van der Waals surface area contributed by atoms with E-state index in [1.54, 1.807) is 6.07 Å². The summed E-state index contributed by atoms with van der Waals surface area (Å²) in [6.45, 7) is 5.21. The fraction of sp³-hybridized carbons (Fsp3) is 0.241. The third-order valence-electron chi connectivity index (χ3n) is 6.29. The van der Waals surface area contributed by atoms with Crippen molar-refractivity contribution >= 4 is 16.5 Å². The summed E-state index contributed by atoms with van der Waals surface area (Å²) in [5.41, 5.74) is 5.69. The average Bonchev–Trinajstić information content (AvgIpc) is 3.22. The predicted octanol–water partition coefficient (Wildman–Crippen LogP) is 7.02. The molecule has 4 heteroatoms. The number of allylic oxidation sites excluding steroid dienone is 1.